The highest BCUT2D eigenvalue weighted by molar-refractivity contribution is 7.90. The van der Waals surface area contributed by atoms with Crippen LogP contribution < -0.4 is 5.32 Å². The zero-order valence-electron chi connectivity index (χ0n) is 11.2. The average Bonchev–Trinajstić information content (AvgIpc) is 2.41. The van der Waals surface area contributed by atoms with Gasteiger partial charge in [0.15, 0.2) is 9.84 Å². The summed E-state index contributed by atoms with van der Waals surface area (Å²) in [5.41, 5.74) is 0.516. The van der Waals surface area contributed by atoms with Crippen molar-refractivity contribution in [1.82, 2.24) is 0 Å². The highest BCUT2D eigenvalue weighted by atomic mass is 35.5. The van der Waals surface area contributed by atoms with E-state index < -0.39 is 15.7 Å². The third-order valence-electron chi connectivity index (χ3n) is 2.77. The normalized spacial score (nSPS) is 11.3. The predicted octanol–water partition coefficient (Wildman–Crippen LogP) is 4.30. The van der Waals surface area contributed by atoms with E-state index in [2.05, 4.69) is 5.32 Å². The molecule has 1 N–H and O–H groups in total. The van der Waals surface area contributed by atoms with Crippen LogP contribution in [0.4, 0.5) is 5.69 Å². The molecule has 2 aromatic carbocycles. The molecule has 8 heteroatoms. The Balaban J connectivity index is 2.34. The van der Waals surface area contributed by atoms with Gasteiger partial charge in [0.25, 0.3) is 5.91 Å². The zero-order valence-corrected chi connectivity index (χ0v) is 14.3. The van der Waals surface area contributed by atoms with E-state index in [-0.39, 0.29) is 20.5 Å². The van der Waals surface area contributed by atoms with Gasteiger partial charge in [-0.3, -0.25) is 4.79 Å². The molecule has 0 saturated carbocycles. The monoisotopic (exact) mass is 377 g/mol. The zero-order chi connectivity index (χ0) is 16.5. The van der Waals surface area contributed by atoms with E-state index in [0.717, 1.165) is 6.26 Å². The van der Waals surface area contributed by atoms with Gasteiger partial charge in [-0.05, 0) is 36.4 Å². The molecule has 0 bridgehead atoms. The van der Waals surface area contributed by atoms with E-state index in [4.69, 9.17) is 34.8 Å². The fourth-order valence-electron chi connectivity index (χ4n) is 1.71. The van der Waals surface area contributed by atoms with Crippen molar-refractivity contribution in [3.05, 3.63) is 57.0 Å². The molecule has 0 aliphatic heterocycles. The Bertz CT molecular complexity index is 850. The number of carbonyl (C=O) groups excluding carboxylic acids is 1. The van der Waals surface area contributed by atoms with Crippen LogP contribution in [0.25, 0.3) is 0 Å². The van der Waals surface area contributed by atoms with Gasteiger partial charge in [-0.2, -0.15) is 0 Å². The molecule has 0 radical (unpaired) electrons. The summed E-state index contributed by atoms with van der Waals surface area (Å²) in [6, 6.07) is 8.62. The summed E-state index contributed by atoms with van der Waals surface area (Å²) < 4.78 is 23.3. The Morgan fingerprint density at radius 1 is 1.00 bits per heavy atom. The third-order valence-corrected chi connectivity index (χ3v) is 4.90. The van der Waals surface area contributed by atoms with E-state index in [1.54, 1.807) is 12.1 Å². The maximum absolute atomic E-state index is 12.2. The summed E-state index contributed by atoms with van der Waals surface area (Å²) >= 11 is 17.6. The molecule has 0 heterocycles. The average molecular weight is 379 g/mol. The number of nitrogens with one attached hydrogen (secondary N) is 1. The van der Waals surface area contributed by atoms with Crippen molar-refractivity contribution in [3.63, 3.8) is 0 Å². The minimum absolute atomic E-state index is 0.0589. The molecule has 4 nitrogen and oxygen atoms in total. The van der Waals surface area contributed by atoms with E-state index >= 15 is 0 Å². The highest BCUT2D eigenvalue weighted by Crippen LogP contribution is 2.27. The number of hydrogen-bond donors (Lipinski definition) is 1. The summed E-state index contributed by atoms with van der Waals surface area (Å²) in [6.07, 6.45) is 1.02. The Kier molecular flexibility index (Phi) is 5.02. The van der Waals surface area contributed by atoms with Gasteiger partial charge in [0.05, 0.1) is 20.6 Å². The fraction of sp³-hybridized carbons (Fsp3) is 0.0714. The molecule has 0 fully saturated rings. The second kappa shape index (κ2) is 6.46. The summed E-state index contributed by atoms with van der Waals surface area (Å²) in [7, 11) is -3.53. The lowest BCUT2D eigenvalue weighted by Gasteiger charge is -2.09. The molecule has 0 aromatic heterocycles. The number of carbonyl (C=O) groups is 1. The van der Waals surface area contributed by atoms with Crippen LogP contribution in [-0.4, -0.2) is 20.6 Å². The van der Waals surface area contributed by atoms with Gasteiger partial charge in [-0.1, -0.05) is 34.8 Å². The first-order valence-corrected chi connectivity index (χ1v) is 8.97. The molecule has 0 saturated heterocycles. The van der Waals surface area contributed by atoms with Crippen LogP contribution >= 0.6 is 34.8 Å². The number of benzene rings is 2. The molecule has 116 valence electrons. The van der Waals surface area contributed by atoms with E-state index in [0.29, 0.717) is 10.7 Å². The summed E-state index contributed by atoms with van der Waals surface area (Å²) in [4.78, 5) is 12.1. The maximum Gasteiger partial charge on any atom is 0.255 e. The molecule has 22 heavy (non-hydrogen) atoms. The quantitative estimate of drug-likeness (QED) is 0.866. The van der Waals surface area contributed by atoms with Crippen LogP contribution in [0.5, 0.6) is 0 Å². The van der Waals surface area contributed by atoms with E-state index in [9.17, 15) is 13.2 Å². The molecule has 2 aromatic rings. The van der Waals surface area contributed by atoms with Crippen LogP contribution in [0, 0.1) is 0 Å². The Morgan fingerprint density at radius 2 is 1.68 bits per heavy atom. The van der Waals surface area contributed by atoms with Crippen LogP contribution in [0.3, 0.4) is 0 Å². The standard InChI is InChI=1S/C14H10Cl3NO3S/c1-22(20,21)13-6-8(2-4-10(13)16)14(19)18-12-5-3-9(15)7-11(12)17/h2-7H,1H3,(H,18,19). The molecular formula is C14H10Cl3NO3S. The number of halogens is 3. The van der Waals surface area contributed by atoms with Gasteiger partial charge >= 0.3 is 0 Å². The first-order valence-electron chi connectivity index (χ1n) is 5.94. The van der Waals surface area contributed by atoms with Gasteiger partial charge < -0.3 is 5.32 Å². The minimum Gasteiger partial charge on any atom is -0.321 e. The van der Waals surface area contributed by atoms with E-state index in [1.165, 1.54) is 24.3 Å². The van der Waals surface area contributed by atoms with Crippen molar-refractivity contribution in [2.24, 2.45) is 0 Å². The number of anilines is 1. The molecule has 0 atom stereocenters. The lowest BCUT2D eigenvalue weighted by atomic mass is 10.2. The SMILES string of the molecule is CS(=O)(=O)c1cc(C(=O)Nc2ccc(Cl)cc2Cl)ccc1Cl. The molecular weight excluding hydrogens is 369 g/mol. The Hall–Kier alpha value is -1.27. The predicted molar refractivity (Wildman–Crippen MR) is 89.0 cm³/mol. The molecule has 0 spiro atoms. The van der Waals surface area contributed by atoms with Crippen LogP contribution in [0.15, 0.2) is 41.3 Å². The van der Waals surface area contributed by atoms with Gasteiger partial charge in [0.1, 0.15) is 0 Å². The molecule has 2 rings (SSSR count). The second-order valence-electron chi connectivity index (χ2n) is 4.50. The van der Waals surface area contributed by atoms with E-state index in [1.807, 2.05) is 0 Å². The summed E-state index contributed by atoms with van der Waals surface area (Å²) in [6.45, 7) is 0. The number of hydrogen-bond acceptors (Lipinski definition) is 3. The maximum atomic E-state index is 12.2. The number of sulfone groups is 1. The highest BCUT2D eigenvalue weighted by Gasteiger charge is 2.16. The van der Waals surface area contributed by atoms with Crippen molar-refractivity contribution in [2.75, 3.05) is 11.6 Å². The van der Waals surface area contributed by atoms with Crippen molar-refractivity contribution in [2.45, 2.75) is 4.90 Å². The molecule has 0 aliphatic carbocycles. The number of amides is 1. The summed E-state index contributed by atoms with van der Waals surface area (Å²) in [5, 5.41) is 3.36. The van der Waals surface area contributed by atoms with Crippen LogP contribution in [0.2, 0.25) is 15.1 Å². The fourth-order valence-corrected chi connectivity index (χ4v) is 3.47. The van der Waals surface area contributed by atoms with Crippen molar-refractivity contribution in [3.8, 4) is 0 Å². The van der Waals surface area contributed by atoms with Gasteiger partial charge in [0, 0.05) is 16.8 Å². The van der Waals surface area contributed by atoms with Gasteiger partial charge in [0.2, 0.25) is 0 Å². The largest absolute Gasteiger partial charge is 0.321 e. The molecule has 0 aliphatic rings. The van der Waals surface area contributed by atoms with Gasteiger partial charge in [-0.25, -0.2) is 8.42 Å². The van der Waals surface area contributed by atoms with Crippen molar-refractivity contribution < 1.29 is 13.2 Å². The molecule has 0 unspecified atom stereocenters. The van der Waals surface area contributed by atoms with Gasteiger partial charge in [-0.15, -0.1) is 0 Å². The third kappa shape index (κ3) is 3.93. The lowest BCUT2D eigenvalue weighted by Crippen LogP contribution is -2.13. The molecule has 1 amide bonds. The van der Waals surface area contributed by atoms with Crippen LogP contribution in [0.1, 0.15) is 10.4 Å². The minimum atomic E-state index is -3.53. The smallest absolute Gasteiger partial charge is 0.255 e. The summed E-state index contributed by atoms with van der Waals surface area (Å²) in [5.74, 6) is -0.509. The second-order valence-corrected chi connectivity index (χ2v) is 7.73. The first kappa shape index (κ1) is 17.1. The topological polar surface area (TPSA) is 63.2 Å². The van der Waals surface area contributed by atoms with Crippen LogP contribution in [-0.2, 0) is 9.84 Å². The lowest BCUT2D eigenvalue weighted by molar-refractivity contribution is 0.102. The van der Waals surface area contributed by atoms with Crippen molar-refractivity contribution in [1.29, 1.82) is 0 Å². The Morgan fingerprint density at radius 3 is 2.27 bits per heavy atom. The Labute approximate surface area is 142 Å². The first-order chi connectivity index (χ1) is 10.2. The van der Waals surface area contributed by atoms with Crippen molar-refractivity contribution >= 4 is 56.2 Å². The number of rotatable bonds is 3.